The van der Waals surface area contributed by atoms with E-state index in [0.717, 1.165) is 49.9 Å². The Bertz CT molecular complexity index is 1290. The summed E-state index contributed by atoms with van der Waals surface area (Å²) in [6.07, 6.45) is 5.36. The van der Waals surface area contributed by atoms with Gasteiger partial charge in [0.2, 0.25) is 0 Å². The number of aryl methyl sites for hydroxylation is 1. The van der Waals surface area contributed by atoms with Gasteiger partial charge in [0.15, 0.2) is 0 Å². The summed E-state index contributed by atoms with van der Waals surface area (Å²) in [5, 5.41) is 11.9. The van der Waals surface area contributed by atoms with E-state index in [0.29, 0.717) is 51.6 Å². The highest BCUT2D eigenvalue weighted by molar-refractivity contribution is 6.42. The molecule has 5 nitrogen and oxygen atoms in total. The number of fused-ring (bicyclic) bond motifs is 1. The maximum Gasteiger partial charge on any atom is 0.254 e. The molecule has 0 unspecified atom stereocenters. The third-order valence-electron chi connectivity index (χ3n) is 8.14. The lowest BCUT2D eigenvalue weighted by Gasteiger charge is -2.44. The summed E-state index contributed by atoms with van der Waals surface area (Å²) in [4.78, 5) is 22.3. The summed E-state index contributed by atoms with van der Waals surface area (Å²) in [6.45, 7) is 5.17. The summed E-state index contributed by atoms with van der Waals surface area (Å²) < 4.78 is 14.0. The second-order valence-corrected chi connectivity index (χ2v) is 11.3. The Morgan fingerprint density at radius 2 is 1.84 bits per heavy atom. The van der Waals surface area contributed by atoms with Crippen molar-refractivity contribution in [2.75, 3.05) is 32.8 Å². The molecule has 196 valence electrons. The number of carbonyl (C=O) groups excluding carboxylic acids is 1. The number of hydrogen-bond acceptors (Lipinski definition) is 4. The molecule has 1 amide bonds. The van der Waals surface area contributed by atoms with Crippen LogP contribution in [0, 0.1) is 24.6 Å². The topological polar surface area (TPSA) is 56.7 Å². The van der Waals surface area contributed by atoms with Crippen LogP contribution in [-0.4, -0.2) is 64.6 Å². The molecule has 1 N–H and O–H groups in total. The minimum atomic E-state index is -0.367. The number of aliphatic hydroxyl groups is 1. The second kappa shape index (κ2) is 11.2. The number of piperidine rings is 2. The van der Waals surface area contributed by atoms with Crippen LogP contribution in [0.25, 0.3) is 10.9 Å². The Kier molecular flexibility index (Phi) is 8.01. The third-order valence-corrected chi connectivity index (χ3v) is 8.88. The van der Waals surface area contributed by atoms with Crippen molar-refractivity contribution in [3.63, 3.8) is 0 Å². The Balaban J connectivity index is 1.21. The Hall–Kier alpha value is -2.25. The molecule has 2 aliphatic heterocycles. The largest absolute Gasteiger partial charge is 0.396 e. The number of rotatable bonds is 5. The molecule has 2 saturated heterocycles. The number of aromatic nitrogens is 1. The van der Waals surface area contributed by atoms with Crippen molar-refractivity contribution in [3.05, 3.63) is 75.1 Å². The van der Waals surface area contributed by atoms with Crippen molar-refractivity contribution in [2.24, 2.45) is 11.8 Å². The molecule has 2 atom stereocenters. The molecule has 2 aromatic carbocycles. The summed E-state index contributed by atoms with van der Waals surface area (Å²) in [5.41, 5.74) is 3.09. The van der Waals surface area contributed by atoms with Crippen LogP contribution < -0.4 is 0 Å². The normalized spacial score (nSPS) is 21.5. The third kappa shape index (κ3) is 5.63. The SMILES string of the molecule is Cc1cnc2ccc(F)cc2c1C(=O)N1CCC(N2CC[C@H](Cc3ccc(Cl)c(Cl)c3)[C@H](CO)C2)CC1. The van der Waals surface area contributed by atoms with Gasteiger partial charge >= 0.3 is 0 Å². The number of benzene rings is 2. The number of halogens is 3. The van der Waals surface area contributed by atoms with Crippen LogP contribution in [0.5, 0.6) is 0 Å². The van der Waals surface area contributed by atoms with E-state index >= 15 is 0 Å². The van der Waals surface area contributed by atoms with Crippen LogP contribution in [0.3, 0.4) is 0 Å². The molecule has 8 heteroatoms. The first-order chi connectivity index (χ1) is 17.8. The van der Waals surface area contributed by atoms with Gasteiger partial charge in [-0.15, -0.1) is 0 Å². The average Bonchev–Trinajstić information content (AvgIpc) is 2.90. The summed E-state index contributed by atoms with van der Waals surface area (Å²) in [6, 6.07) is 10.6. The molecular weight excluding hydrogens is 512 g/mol. The monoisotopic (exact) mass is 543 g/mol. The van der Waals surface area contributed by atoms with Crippen LogP contribution in [0.4, 0.5) is 4.39 Å². The van der Waals surface area contributed by atoms with E-state index < -0.39 is 0 Å². The summed E-state index contributed by atoms with van der Waals surface area (Å²) >= 11 is 12.3. The number of aliphatic hydroxyl groups excluding tert-OH is 1. The van der Waals surface area contributed by atoms with Crippen LogP contribution >= 0.6 is 23.2 Å². The van der Waals surface area contributed by atoms with Gasteiger partial charge in [0.25, 0.3) is 5.91 Å². The van der Waals surface area contributed by atoms with Gasteiger partial charge in [0.1, 0.15) is 5.82 Å². The highest BCUT2D eigenvalue weighted by Crippen LogP contribution is 2.32. The van der Waals surface area contributed by atoms with E-state index in [4.69, 9.17) is 23.2 Å². The van der Waals surface area contributed by atoms with Crippen LogP contribution in [-0.2, 0) is 6.42 Å². The van der Waals surface area contributed by atoms with Crippen molar-refractivity contribution in [3.8, 4) is 0 Å². The van der Waals surface area contributed by atoms with Crippen LogP contribution in [0.1, 0.15) is 40.7 Å². The first-order valence-electron chi connectivity index (χ1n) is 13.0. The summed E-state index contributed by atoms with van der Waals surface area (Å²) in [7, 11) is 0. The highest BCUT2D eigenvalue weighted by atomic mass is 35.5. The van der Waals surface area contributed by atoms with Gasteiger partial charge in [0, 0.05) is 43.9 Å². The molecule has 1 aromatic heterocycles. The maximum absolute atomic E-state index is 14.0. The van der Waals surface area contributed by atoms with E-state index in [1.54, 1.807) is 12.3 Å². The lowest BCUT2D eigenvalue weighted by atomic mass is 9.80. The number of carbonyl (C=O) groups is 1. The van der Waals surface area contributed by atoms with Gasteiger partial charge in [-0.05, 0) is 92.4 Å². The van der Waals surface area contributed by atoms with Gasteiger partial charge in [-0.3, -0.25) is 14.7 Å². The first-order valence-corrected chi connectivity index (χ1v) is 13.7. The smallest absolute Gasteiger partial charge is 0.254 e. The molecule has 0 bridgehead atoms. The molecule has 0 saturated carbocycles. The van der Waals surface area contributed by atoms with E-state index in [1.165, 1.54) is 12.1 Å². The predicted molar refractivity (Wildman–Crippen MR) is 146 cm³/mol. The molecular formula is C29H32Cl2FN3O2. The second-order valence-electron chi connectivity index (χ2n) is 10.4. The fourth-order valence-corrected chi connectivity index (χ4v) is 6.35. The summed E-state index contributed by atoms with van der Waals surface area (Å²) in [5.74, 6) is 0.170. The van der Waals surface area contributed by atoms with Crippen LogP contribution in [0.15, 0.2) is 42.6 Å². The fraction of sp³-hybridized carbons (Fsp3) is 0.448. The lowest BCUT2D eigenvalue weighted by molar-refractivity contribution is 0.0242. The number of hydrogen-bond donors (Lipinski definition) is 1. The van der Waals surface area contributed by atoms with E-state index in [1.807, 2.05) is 30.0 Å². The Labute approximate surface area is 227 Å². The molecule has 0 radical (unpaired) electrons. The lowest BCUT2D eigenvalue weighted by Crippen LogP contribution is -2.52. The molecule has 0 spiro atoms. The van der Waals surface area contributed by atoms with Gasteiger partial charge in [-0.25, -0.2) is 4.39 Å². The Morgan fingerprint density at radius 1 is 1.05 bits per heavy atom. The predicted octanol–water partition coefficient (Wildman–Crippen LogP) is 5.77. The number of nitrogens with zero attached hydrogens (tertiary/aromatic N) is 3. The zero-order valence-corrected chi connectivity index (χ0v) is 22.5. The van der Waals surface area contributed by atoms with Gasteiger partial charge in [-0.1, -0.05) is 29.3 Å². The van der Waals surface area contributed by atoms with Gasteiger partial charge < -0.3 is 10.0 Å². The van der Waals surface area contributed by atoms with Crippen molar-refractivity contribution >= 4 is 40.0 Å². The maximum atomic E-state index is 14.0. The number of likely N-dealkylation sites (tertiary alicyclic amines) is 2. The minimum absolute atomic E-state index is 0.0532. The van der Waals surface area contributed by atoms with E-state index in [9.17, 15) is 14.3 Å². The van der Waals surface area contributed by atoms with E-state index in [2.05, 4.69) is 9.88 Å². The average molecular weight is 544 g/mol. The van der Waals surface area contributed by atoms with Crippen LogP contribution in [0.2, 0.25) is 10.0 Å². The molecule has 5 rings (SSSR count). The minimum Gasteiger partial charge on any atom is -0.396 e. The van der Waals surface area contributed by atoms with Crippen molar-refractivity contribution in [1.29, 1.82) is 0 Å². The number of pyridine rings is 1. The fourth-order valence-electron chi connectivity index (χ4n) is 6.03. The standard InChI is InChI=1S/C29H32Cl2FN3O2/c1-18-15-33-27-5-3-22(32)14-24(27)28(18)29(37)34-10-7-23(8-11-34)35-9-6-20(21(16-35)17-36)12-19-2-4-25(30)26(31)13-19/h2-5,13-15,20-21,23,36H,6-12,16-17H2,1H3/t20-,21+/m1/s1. The zero-order chi connectivity index (χ0) is 26.1. The zero-order valence-electron chi connectivity index (χ0n) is 21.0. The van der Waals surface area contributed by atoms with Crippen molar-refractivity contribution < 1.29 is 14.3 Å². The Morgan fingerprint density at radius 3 is 2.57 bits per heavy atom. The van der Waals surface area contributed by atoms with Crippen molar-refractivity contribution in [2.45, 2.75) is 38.6 Å². The highest BCUT2D eigenvalue weighted by Gasteiger charge is 2.35. The van der Waals surface area contributed by atoms with Crippen molar-refractivity contribution in [1.82, 2.24) is 14.8 Å². The molecule has 2 fully saturated rings. The van der Waals surface area contributed by atoms with Gasteiger partial charge in [0.05, 0.1) is 21.1 Å². The molecule has 3 aromatic rings. The molecule has 2 aliphatic rings. The number of amides is 1. The quantitative estimate of drug-likeness (QED) is 0.444. The van der Waals surface area contributed by atoms with Gasteiger partial charge in [-0.2, -0.15) is 0 Å². The van der Waals surface area contributed by atoms with E-state index in [-0.39, 0.29) is 24.2 Å². The molecule has 3 heterocycles. The first kappa shape index (κ1) is 26.4. The molecule has 37 heavy (non-hydrogen) atoms. The molecule has 0 aliphatic carbocycles.